The third-order valence-electron chi connectivity index (χ3n) is 2.67. The van der Waals surface area contributed by atoms with E-state index in [1.54, 1.807) is 24.7 Å². The zero-order valence-corrected chi connectivity index (χ0v) is 10.4. The van der Waals surface area contributed by atoms with Crippen LogP contribution in [0.1, 0.15) is 23.7 Å². The van der Waals surface area contributed by atoms with Crippen LogP contribution in [0, 0.1) is 0 Å². The second-order valence-corrected chi connectivity index (χ2v) is 3.95. The minimum absolute atomic E-state index is 0.153. The van der Waals surface area contributed by atoms with E-state index in [2.05, 4.69) is 4.98 Å². The number of Topliss-reactive ketones (excluding diaryl/α,β-unsaturated/α-hetero) is 1. The fourth-order valence-corrected chi connectivity index (χ4v) is 1.63. The van der Waals surface area contributed by atoms with E-state index in [9.17, 15) is 4.79 Å². The van der Waals surface area contributed by atoms with Crippen LogP contribution in [0.3, 0.4) is 0 Å². The third-order valence-corrected chi connectivity index (χ3v) is 2.67. The average molecular weight is 244 g/mol. The standard InChI is InChI=1S/C14H16N2O2/c1-2-14(17)12-3-5-13(6-4-12)18-10-9-16-8-7-15-11-16/h3-8,11H,2,9-10H2,1H3. The van der Waals surface area contributed by atoms with E-state index < -0.39 is 0 Å². The van der Waals surface area contributed by atoms with Gasteiger partial charge in [-0.3, -0.25) is 4.79 Å². The van der Waals surface area contributed by atoms with Crippen molar-refractivity contribution in [3.63, 3.8) is 0 Å². The molecule has 0 atom stereocenters. The van der Waals surface area contributed by atoms with Gasteiger partial charge < -0.3 is 9.30 Å². The molecule has 0 N–H and O–H groups in total. The minimum atomic E-state index is 0.153. The van der Waals surface area contributed by atoms with E-state index in [4.69, 9.17) is 4.74 Å². The molecule has 94 valence electrons. The van der Waals surface area contributed by atoms with Gasteiger partial charge in [-0.15, -0.1) is 0 Å². The molecule has 4 heteroatoms. The number of aromatic nitrogens is 2. The van der Waals surface area contributed by atoms with Crippen molar-refractivity contribution in [3.05, 3.63) is 48.5 Å². The summed E-state index contributed by atoms with van der Waals surface area (Å²) in [5.41, 5.74) is 0.736. The van der Waals surface area contributed by atoms with Gasteiger partial charge >= 0.3 is 0 Å². The average Bonchev–Trinajstić information content (AvgIpc) is 2.92. The molecule has 0 saturated carbocycles. The molecular weight excluding hydrogens is 228 g/mol. The van der Waals surface area contributed by atoms with Crippen LogP contribution in [0.2, 0.25) is 0 Å². The highest BCUT2D eigenvalue weighted by molar-refractivity contribution is 5.95. The molecule has 18 heavy (non-hydrogen) atoms. The molecule has 1 aromatic carbocycles. The summed E-state index contributed by atoms with van der Waals surface area (Å²) in [6.07, 6.45) is 5.92. The van der Waals surface area contributed by atoms with Gasteiger partial charge in [-0.1, -0.05) is 6.92 Å². The van der Waals surface area contributed by atoms with Crippen molar-refractivity contribution < 1.29 is 9.53 Å². The summed E-state index contributed by atoms with van der Waals surface area (Å²) in [6.45, 7) is 3.20. The molecule has 0 spiro atoms. The number of ketones is 1. The highest BCUT2D eigenvalue weighted by atomic mass is 16.5. The zero-order valence-electron chi connectivity index (χ0n) is 10.4. The van der Waals surface area contributed by atoms with Gasteiger partial charge in [-0.05, 0) is 24.3 Å². The van der Waals surface area contributed by atoms with Crippen molar-refractivity contribution in [1.29, 1.82) is 0 Å². The Morgan fingerprint density at radius 2 is 2.11 bits per heavy atom. The molecule has 0 bridgehead atoms. The summed E-state index contributed by atoms with van der Waals surface area (Å²) in [5, 5.41) is 0. The molecule has 0 aliphatic rings. The Hall–Kier alpha value is -2.10. The molecule has 0 amide bonds. The first-order valence-corrected chi connectivity index (χ1v) is 6.01. The van der Waals surface area contributed by atoms with Gasteiger partial charge in [0.05, 0.1) is 12.9 Å². The smallest absolute Gasteiger partial charge is 0.162 e. The van der Waals surface area contributed by atoms with Crippen molar-refractivity contribution >= 4 is 5.78 Å². The van der Waals surface area contributed by atoms with Gasteiger partial charge in [-0.25, -0.2) is 4.98 Å². The van der Waals surface area contributed by atoms with Crippen LogP contribution in [-0.4, -0.2) is 21.9 Å². The van der Waals surface area contributed by atoms with Crippen LogP contribution in [-0.2, 0) is 6.54 Å². The number of carbonyl (C=O) groups is 1. The molecule has 0 aliphatic heterocycles. The van der Waals surface area contributed by atoms with Crippen LogP contribution in [0.25, 0.3) is 0 Å². The number of imidazole rings is 1. The summed E-state index contributed by atoms with van der Waals surface area (Å²) in [6, 6.07) is 7.27. The first-order chi connectivity index (χ1) is 8.79. The molecule has 1 aromatic heterocycles. The maximum Gasteiger partial charge on any atom is 0.162 e. The lowest BCUT2D eigenvalue weighted by molar-refractivity contribution is 0.0988. The van der Waals surface area contributed by atoms with E-state index in [1.165, 1.54) is 0 Å². The summed E-state index contributed by atoms with van der Waals surface area (Å²) in [4.78, 5) is 15.4. The number of carbonyl (C=O) groups excluding carboxylic acids is 1. The van der Waals surface area contributed by atoms with Crippen LogP contribution < -0.4 is 4.74 Å². The van der Waals surface area contributed by atoms with Crippen LogP contribution >= 0.6 is 0 Å². The van der Waals surface area contributed by atoms with Crippen LogP contribution in [0.5, 0.6) is 5.75 Å². The predicted octanol–water partition coefficient (Wildman–Crippen LogP) is 2.55. The van der Waals surface area contributed by atoms with Crippen molar-refractivity contribution in [3.8, 4) is 5.75 Å². The lowest BCUT2D eigenvalue weighted by atomic mass is 10.1. The summed E-state index contributed by atoms with van der Waals surface area (Å²) >= 11 is 0. The Kier molecular flexibility index (Phi) is 4.12. The van der Waals surface area contributed by atoms with Crippen LogP contribution in [0.15, 0.2) is 43.0 Å². The second kappa shape index (κ2) is 6.00. The molecule has 2 rings (SSSR count). The number of ether oxygens (including phenoxy) is 1. The fraction of sp³-hybridized carbons (Fsp3) is 0.286. The van der Waals surface area contributed by atoms with Crippen molar-refractivity contribution in [2.75, 3.05) is 6.61 Å². The third kappa shape index (κ3) is 3.20. The Bertz CT molecular complexity index is 489. The first-order valence-electron chi connectivity index (χ1n) is 6.01. The Labute approximate surface area is 106 Å². The maximum absolute atomic E-state index is 11.4. The largest absolute Gasteiger partial charge is 0.492 e. The van der Waals surface area contributed by atoms with Crippen molar-refractivity contribution in [1.82, 2.24) is 9.55 Å². The van der Waals surface area contributed by atoms with E-state index in [1.807, 2.05) is 29.8 Å². The van der Waals surface area contributed by atoms with Crippen LogP contribution in [0.4, 0.5) is 0 Å². The van der Waals surface area contributed by atoms with E-state index in [0.29, 0.717) is 13.0 Å². The van der Waals surface area contributed by atoms with Gasteiger partial charge in [0.1, 0.15) is 12.4 Å². The fourth-order valence-electron chi connectivity index (χ4n) is 1.63. The summed E-state index contributed by atoms with van der Waals surface area (Å²) in [5.74, 6) is 0.933. The Balaban J connectivity index is 1.85. The molecule has 0 fully saturated rings. The molecule has 4 nitrogen and oxygen atoms in total. The Morgan fingerprint density at radius 3 is 2.72 bits per heavy atom. The lowest BCUT2D eigenvalue weighted by Gasteiger charge is -2.07. The number of hydrogen-bond donors (Lipinski definition) is 0. The molecule has 0 unspecified atom stereocenters. The number of nitrogens with zero attached hydrogens (tertiary/aromatic N) is 2. The molecule has 1 heterocycles. The topological polar surface area (TPSA) is 44.1 Å². The molecule has 0 radical (unpaired) electrons. The molecule has 2 aromatic rings. The molecular formula is C14H16N2O2. The minimum Gasteiger partial charge on any atom is -0.492 e. The Morgan fingerprint density at radius 1 is 1.33 bits per heavy atom. The molecule has 0 aliphatic carbocycles. The van der Waals surface area contributed by atoms with Gasteiger partial charge in [-0.2, -0.15) is 0 Å². The lowest BCUT2D eigenvalue weighted by Crippen LogP contribution is -2.06. The van der Waals surface area contributed by atoms with Gasteiger partial charge in [0.25, 0.3) is 0 Å². The second-order valence-electron chi connectivity index (χ2n) is 3.95. The van der Waals surface area contributed by atoms with Crippen molar-refractivity contribution in [2.45, 2.75) is 19.9 Å². The SMILES string of the molecule is CCC(=O)c1ccc(OCCn2ccnc2)cc1. The zero-order chi connectivity index (χ0) is 12.8. The maximum atomic E-state index is 11.4. The number of hydrogen-bond acceptors (Lipinski definition) is 3. The molecule has 0 saturated heterocycles. The van der Waals surface area contributed by atoms with Gasteiger partial charge in [0.15, 0.2) is 5.78 Å². The normalized spacial score (nSPS) is 10.3. The quantitative estimate of drug-likeness (QED) is 0.733. The van der Waals surface area contributed by atoms with E-state index >= 15 is 0 Å². The van der Waals surface area contributed by atoms with Crippen molar-refractivity contribution in [2.24, 2.45) is 0 Å². The predicted molar refractivity (Wildman–Crippen MR) is 68.8 cm³/mol. The number of benzene rings is 1. The highest BCUT2D eigenvalue weighted by Crippen LogP contribution is 2.13. The highest BCUT2D eigenvalue weighted by Gasteiger charge is 2.02. The first kappa shape index (κ1) is 12.4. The van der Waals surface area contributed by atoms with Gasteiger partial charge in [0.2, 0.25) is 0 Å². The van der Waals surface area contributed by atoms with E-state index in [-0.39, 0.29) is 5.78 Å². The summed E-state index contributed by atoms with van der Waals surface area (Å²) in [7, 11) is 0. The number of rotatable bonds is 6. The van der Waals surface area contributed by atoms with E-state index in [0.717, 1.165) is 17.9 Å². The monoisotopic (exact) mass is 244 g/mol. The van der Waals surface area contributed by atoms with Gasteiger partial charge in [0, 0.05) is 24.4 Å². The summed E-state index contributed by atoms with van der Waals surface area (Å²) < 4.78 is 7.54.